The van der Waals surface area contributed by atoms with Crippen molar-refractivity contribution in [3.05, 3.63) is 59.7 Å². The summed E-state index contributed by atoms with van der Waals surface area (Å²) in [5.74, 6) is 0.908. The molecule has 0 radical (unpaired) electrons. The van der Waals surface area contributed by atoms with Crippen LogP contribution >= 0.6 is 24.0 Å². The fourth-order valence-corrected chi connectivity index (χ4v) is 3.50. The van der Waals surface area contributed by atoms with Crippen LogP contribution in [0.4, 0.5) is 11.4 Å². The molecule has 0 bridgehead atoms. The molecule has 172 valence electrons. The Kier molecular flexibility index (Phi) is 10.5. The molecule has 2 amide bonds. The number of carbonyl (C=O) groups excluding carboxylic acids is 2. The first kappa shape index (κ1) is 25.6. The van der Waals surface area contributed by atoms with Gasteiger partial charge in [0, 0.05) is 44.4 Å². The van der Waals surface area contributed by atoms with E-state index in [4.69, 9.17) is 0 Å². The van der Waals surface area contributed by atoms with E-state index in [1.54, 1.807) is 0 Å². The van der Waals surface area contributed by atoms with Crippen LogP contribution in [0.15, 0.2) is 53.5 Å². The van der Waals surface area contributed by atoms with Gasteiger partial charge in [-0.25, -0.2) is 4.99 Å². The summed E-state index contributed by atoms with van der Waals surface area (Å²) in [5, 5.41) is 9.41. The Morgan fingerprint density at radius 2 is 1.72 bits per heavy atom. The molecule has 0 aliphatic carbocycles. The molecule has 0 spiro atoms. The number of hydrogen-bond donors (Lipinski definition) is 3. The van der Waals surface area contributed by atoms with Crippen molar-refractivity contribution in [3.63, 3.8) is 0 Å². The van der Waals surface area contributed by atoms with Crippen molar-refractivity contribution >= 4 is 53.1 Å². The first-order valence-corrected chi connectivity index (χ1v) is 10.8. The van der Waals surface area contributed by atoms with Crippen LogP contribution in [0.3, 0.4) is 0 Å². The van der Waals surface area contributed by atoms with Gasteiger partial charge in [-0.05, 0) is 55.2 Å². The highest BCUT2D eigenvalue weighted by Gasteiger charge is 2.21. The molecule has 2 aromatic carbocycles. The van der Waals surface area contributed by atoms with Gasteiger partial charge in [-0.3, -0.25) is 9.59 Å². The Hall–Kier alpha value is -2.62. The molecule has 1 saturated heterocycles. The van der Waals surface area contributed by atoms with Gasteiger partial charge in [0.25, 0.3) is 0 Å². The Balaban J connectivity index is 0.00000363. The molecule has 8 heteroatoms. The highest BCUT2D eigenvalue weighted by Crippen LogP contribution is 2.21. The second-order valence-corrected chi connectivity index (χ2v) is 7.57. The van der Waals surface area contributed by atoms with Gasteiger partial charge in [-0.2, -0.15) is 0 Å². The predicted octanol–water partition coefficient (Wildman–Crippen LogP) is 3.69. The van der Waals surface area contributed by atoms with Crippen LogP contribution in [0.1, 0.15) is 37.8 Å². The second kappa shape index (κ2) is 13.0. The van der Waals surface area contributed by atoms with Crippen molar-refractivity contribution in [1.82, 2.24) is 10.6 Å². The standard InChI is InChI=1S/C24H31N5O2.HI/c1-3-25-24(26-15-14-19-6-10-21(11-7-19)28-18(2)30)27-17-20-8-12-22(13-9-20)29-16-4-5-23(29)31;/h6-13H,3-5,14-17H2,1-2H3,(H,28,30)(H2,25,26,27);1H. The topological polar surface area (TPSA) is 85.8 Å². The summed E-state index contributed by atoms with van der Waals surface area (Å²) in [6.45, 7) is 6.45. The highest BCUT2D eigenvalue weighted by atomic mass is 127. The lowest BCUT2D eigenvalue weighted by molar-refractivity contribution is -0.117. The third-order valence-electron chi connectivity index (χ3n) is 5.07. The smallest absolute Gasteiger partial charge is 0.227 e. The van der Waals surface area contributed by atoms with Crippen molar-refractivity contribution in [2.45, 2.75) is 39.7 Å². The molecular weight excluding hydrogens is 517 g/mol. The fraction of sp³-hybridized carbons (Fsp3) is 0.375. The number of guanidine groups is 1. The van der Waals surface area contributed by atoms with Crippen LogP contribution in [-0.2, 0) is 22.6 Å². The maximum absolute atomic E-state index is 11.9. The second-order valence-electron chi connectivity index (χ2n) is 7.57. The van der Waals surface area contributed by atoms with Crippen LogP contribution in [0.25, 0.3) is 0 Å². The van der Waals surface area contributed by atoms with Gasteiger partial charge < -0.3 is 20.9 Å². The largest absolute Gasteiger partial charge is 0.357 e. The number of nitrogens with zero attached hydrogens (tertiary/aromatic N) is 2. The van der Waals surface area contributed by atoms with E-state index in [9.17, 15) is 9.59 Å². The van der Waals surface area contributed by atoms with Crippen molar-refractivity contribution in [1.29, 1.82) is 0 Å². The lowest BCUT2D eigenvalue weighted by Gasteiger charge is -2.16. The zero-order valence-electron chi connectivity index (χ0n) is 18.7. The van der Waals surface area contributed by atoms with Crippen LogP contribution in [0, 0.1) is 0 Å². The van der Waals surface area contributed by atoms with Gasteiger partial charge in [-0.15, -0.1) is 24.0 Å². The van der Waals surface area contributed by atoms with Crippen molar-refractivity contribution < 1.29 is 9.59 Å². The molecule has 0 atom stereocenters. The molecule has 1 aliphatic rings. The maximum atomic E-state index is 11.9. The number of hydrogen-bond acceptors (Lipinski definition) is 3. The van der Waals surface area contributed by atoms with E-state index in [1.807, 2.05) is 60.4 Å². The van der Waals surface area contributed by atoms with Crippen molar-refractivity contribution in [2.24, 2.45) is 4.99 Å². The van der Waals surface area contributed by atoms with E-state index in [1.165, 1.54) is 12.5 Å². The molecule has 0 unspecified atom stereocenters. The number of nitrogens with one attached hydrogen (secondary N) is 3. The molecule has 1 heterocycles. The zero-order chi connectivity index (χ0) is 22.1. The molecule has 32 heavy (non-hydrogen) atoms. The molecule has 7 nitrogen and oxygen atoms in total. The third-order valence-corrected chi connectivity index (χ3v) is 5.07. The minimum Gasteiger partial charge on any atom is -0.357 e. The highest BCUT2D eigenvalue weighted by molar-refractivity contribution is 14.0. The normalized spacial score (nSPS) is 13.5. The third kappa shape index (κ3) is 7.81. The summed E-state index contributed by atoms with van der Waals surface area (Å²) < 4.78 is 0. The molecule has 1 aliphatic heterocycles. The number of anilines is 2. The van der Waals surface area contributed by atoms with E-state index in [2.05, 4.69) is 20.9 Å². The van der Waals surface area contributed by atoms with Gasteiger partial charge in [0.2, 0.25) is 11.8 Å². The quantitative estimate of drug-likeness (QED) is 0.267. The minimum absolute atomic E-state index is 0. The predicted molar refractivity (Wildman–Crippen MR) is 141 cm³/mol. The number of benzene rings is 2. The van der Waals surface area contributed by atoms with E-state index < -0.39 is 0 Å². The number of carbonyl (C=O) groups is 2. The average molecular weight is 549 g/mol. The van der Waals surface area contributed by atoms with E-state index in [-0.39, 0.29) is 35.8 Å². The summed E-state index contributed by atoms with van der Waals surface area (Å²) in [5.41, 5.74) is 4.05. The lowest BCUT2D eigenvalue weighted by Crippen LogP contribution is -2.38. The van der Waals surface area contributed by atoms with E-state index in [0.29, 0.717) is 13.0 Å². The Morgan fingerprint density at radius 1 is 1.03 bits per heavy atom. The molecule has 0 aromatic heterocycles. The van der Waals surface area contributed by atoms with Crippen LogP contribution in [-0.4, -0.2) is 37.4 Å². The summed E-state index contributed by atoms with van der Waals surface area (Å²) in [6, 6.07) is 15.9. The zero-order valence-corrected chi connectivity index (χ0v) is 21.0. The monoisotopic (exact) mass is 549 g/mol. The Morgan fingerprint density at radius 3 is 2.31 bits per heavy atom. The van der Waals surface area contributed by atoms with Gasteiger partial charge in [0.15, 0.2) is 5.96 Å². The van der Waals surface area contributed by atoms with Gasteiger partial charge in [0.05, 0.1) is 6.54 Å². The Bertz CT molecular complexity index is 913. The van der Waals surface area contributed by atoms with Gasteiger partial charge in [0.1, 0.15) is 0 Å². The summed E-state index contributed by atoms with van der Waals surface area (Å²) >= 11 is 0. The maximum Gasteiger partial charge on any atom is 0.227 e. The molecule has 1 fully saturated rings. The molecular formula is C24H32IN5O2. The lowest BCUT2D eigenvalue weighted by atomic mass is 10.1. The first-order valence-electron chi connectivity index (χ1n) is 10.8. The number of halogens is 1. The first-order chi connectivity index (χ1) is 15.0. The average Bonchev–Trinajstić information content (AvgIpc) is 3.19. The minimum atomic E-state index is -0.0694. The van der Waals surface area contributed by atoms with Gasteiger partial charge >= 0.3 is 0 Å². The number of rotatable bonds is 8. The fourth-order valence-electron chi connectivity index (χ4n) is 3.50. The Labute approximate surface area is 207 Å². The number of amides is 2. The molecule has 3 rings (SSSR count). The van der Waals surface area contributed by atoms with E-state index in [0.717, 1.165) is 55.4 Å². The van der Waals surface area contributed by atoms with Crippen molar-refractivity contribution in [2.75, 3.05) is 29.9 Å². The summed E-state index contributed by atoms with van der Waals surface area (Å²) in [4.78, 5) is 29.5. The summed E-state index contributed by atoms with van der Waals surface area (Å²) in [7, 11) is 0. The SMILES string of the molecule is CCNC(=NCc1ccc(N2CCCC2=O)cc1)NCCc1ccc(NC(C)=O)cc1.I. The molecule has 2 aromatic rings. The molecule has 3 N–H and O–H groups in total. The van der Waals surface area contributed by atoms with Crippen LogP contribution < -0.4 is 20.9 Å². The van der Waals surface area contributed by atoms with E-state index >= 15 is 0 Å². The van der Waals surface area contributed by atoms with Crippen molar-refractivity contribution in [3.8, 4) is 0 Å². The van der Waals surface area contributed by atoms with Crippen LogP contribution in [0.5, 0.6) is 0 Å². The molecule has 0 saturated carbocycles. The summed E-state index contributed by atoms with van der Waals surface area (Å²) in [6.07, 6.45) is 2.43. The number of aliphatic imine (C=N–C) groups is 1. The van der Waals surface area contributed by atoms with Crippen LogP contribution in [0.2, 0.25) is 0 Å². The van der Waals surface area contributed by atoms with Gasteiger partial charge in [-0.1, -0.05) is 24.3 Å².